The van der Waals surface area contributed by atoms with Crippen molar-refractivity contribution < 1.29 is 0 Å². The van der Waals surface area contributed by atoms with Crippen molar-refractivity contribution in [3.63, 3.8) is 0 Å². The minimum absolute atomic E-state index is 0.559. The smallest absolute Gasteiger partial charge is 0.101 e. The maximum Gasteiger partial charge on any atom is 0.101 e. The minimum Gasteiger partial charge on any atom is -0.248 e. The molecule has 0 aliphatic rings. The standard InChI is InChI=1S/C11H6BrCl2NS/c12-7-1-4-11(15-6-7)16-8-2-3-9(13)10(14)5-8/h1-6H. The molecule has 0 radical (unpaired) electrons. The van der Waals surface area contributed by atoms with Crippen molar-refractivity contribution in [1.29, 1.82) is 0 Å². The first-order chi connectivity index (χ1) is 7.65. The topological polar surface area (TPSA) is 12.9 Å². The van der Waals surface area contributed by atoms with E-state index in [0.29, 0.717) is 10.0 Å². The number of hydrogen-bond donors (Lipinski definition) is 0. The number of rotatable bonds is 2. The first-order valence-corrected chi connectivity index (χ1v) is 6.76. The molecule has 1 aromatic heterocycles. The molecule has 5 heteroatoms. The molecule has 1 heterocycles. The highest BCUT2D eigenvalue weighted by Crippen LogP contribution is 2.31. The Kier molecular flexibility index (Phi) is 4.14. The van der Waals surface area contributed by atoms with E-state index in [2.05, 4.69) is 20.9 Å². The Balaban J connectivity index is 2.20. The highest BCUT2D eigenvalue weighted by atomic mass is 79.9. The maximum atomic E-state index is 5.93. The van der Waals surface area contributed by atoms with Gasteiger partial charge in [-0.05, 0) is 46.3 Å². The lowest BCUT2D eigenvalue weighted by Gasteiger charge is -2.02. The first kappa shape index (κ1) is 12.2. The van der Waals surface area contributed by atoms with E-state index in [1.165, 1.54) is 0 Å². The third-order valence-electron chi connectivity index (χ3n) is 1.81. The van der Waals surface area contributed by atoms with Gasteiger partial charge in [-0.2, -0.15) is 0 Å². The summed E-state index contributed by atoms with van der Waals surface area (Å²) >= 11 is 16.7. The van der Waals surface area contributed by atoms with Crippen LogP contribution in [0.25, 0.3) is 0 Å². The monoisotopic (exact) mass is 333 g/mol. The fourth-order valence-electron chi connectivity index (χ4n) is 1.08. The summed E-state index contributed by atoms with van der Waals surface area (Å²) in [6.07, 6.45) is 1.76. The van der Waals surface area contributed by atoms with Gasteiger partial charge in [0.1, 0.15) is 5.03 Å². The molecule has 0 unspecified atom stereocenters. The summed E-state index contributed by atoms with van der Waals surface area (Å²) < 4.78 is 0.964. The Morgan fingerprint density at radius 3 is 2.50 bits per heavy atom. The molecule has 0 saturated heterocycles. The first-order valence-electron chi connectivity index (χ1n) is 4.39. The van der Waals surface area contributed by atoms with Crippen LogP contribution in [0.4, 0.5) is 0 Å². The maximum absolute atomic E-state index is 5.93. The van der Waals surface area contributed by atoms with E-state index in [9.17, 15) is 0 Å². The predicted molar refractivity (Wildman–Crippen MR) is 72.5 cm³/mol. The Hall–Kier alpha value is -0.220. The molecule has 0 N–H and O–H groups in total. The summed E-state index contributed by atoms with van der Waals surface area (Å²) in [4.78, 5) is 5.28. The van der Waals surface area contributed by atoms with Gasteiger partial charge in [-0.15, -0.1) is 0 Å². The van der Waals surface area contributed by atoms with Gasteiger partial charge in [-0.1, -0.05) is 35.0 Å². The molecule has 0 saturated carbocycles. The molecule has 0 aliphatic carbocycles. The van der Waals surface area contributed by atoms with Crippen molar-refractivity contribution in [2.24, 2.45) is 0 Å². The van der Waals surface area contributed by atoms with E-state index in [4.69, 9.17) is 23.2 Å². The summed E-state index contributed by atoms with van der Waals surface area (Å²) in [5.74, 6) is 0. The molecule has 2 rings (SSSR count). The summed E-state index contributed by atoms with van der Waals surface area (Å²) in [5, 5.41) is 2.04. The molecular weight excluding hydrogens is 329 g/mol. The van der Waals surface area contributed by atoms with Crippen LogP contribution in [-0.2, 0) is 0 Å². The van der Waals surface area contributed by atoms with E-state index in [1.54, 1.807) is 24.0 Å². The van der Waals surface area contributed by atoms with Crippen LogP contribution in [0.1, 0.15) is 0 Å². The van der Waals surface area contributed by atoms with Crippen molar-refractivity contribution in [3.05, 3.63) is 51.0 Å². The van der Waals surface area contributed by atoms with Crippen LogP contribution in [0.2, 0.25) is 10.0 Å². The number of pyridine rings is 1. The Morgan fingerprint density at radius 1 is 1.06 bits per heavy atom. The van der Waals surface area contributed by atoms with Gasteiger partial charge in [0.2, 0.25) is 0 Å². The van der Waals surface area contributed by atoms with Gasteiger partial charge < -0.3 is 0 Å². The molecule has 16 heavy (non-hydrogen) atoms. The summed E-state index contributed by atoms with van der Waals surface area (Å²) in [6.45, 7) is 0. The summed E-state index contributed by atoms with van der Waals surface area (Å²) in [6, 6.07) is 9.43. The Labute approximate surface area is 116 Å². The van der Waals surface area contributed by atoms with Crippen LogP contribution < -0.4 is 0 Å². The number of aromatic nitrogens is 1. The minimum atomic E-state index is 0.559. The largest absolute Gasteiger partial charge is 0.248 e. The van der Waals surface area contributed by atoms with E-state index in [1.807, 2.05) is 24.3 Å². The molecule has 0 amide bonds. The summed E-state index contributed by atoms with van der Waals surface area (Å²) in [5.41, 5.74) is 0. The molecule has 0 bridgehead atoms. The molecule has 0 atom stereocenters. The van der Waals surface area contributed by atoms with E-state index < -0.39 is 0 Å². The zero-order valence-corrected chi connectivity index (χ0v) is 11.9. The third-order valence-corrected chi connectivity index (χ3v) is 3.96. The lowest BCUT2D eigenvalue weighted by atomic mass is 10.4. The van der Waals surface area contributed by atoms with Crippen molar-refractivity contribution in [2.75, 3.05) is 0 Å². The number of hydrogen-bond acceptors (Lipinski definition) is 2. The quantitative estimate of drug-likeness (QED) is 0.738. The van der Waals surface area contributed by atoms with Gasteiger partial charge in [0, 0.05) is 15.6 Å². The SMILES string of the molecule is Clc1ccc(Sc2ccc(Br)cn2)cc1Cl. The lowest BCUT2D eigenvalue weighted by molar-refractivity contribution is 1.12. The van der Waals surface area contributed by atoms with Crippen LogP contribution in [0.15, 0.2) is 50.9 Å². The fraction of sp³-hybridized carbons (Fsp3) is 0. The highest BCUT2D eigenvalue weighted by molar-refractivity contribution is 9.10. The molecule has 0 spiro atoms. The average molecular weight is 335 g/mol. The zero-order valence-electron chi connectivity index (χ0n) is 7.95. The van der Waals surface area contributed by atoms with Crippen molar-refractivity contribution in [1.82, 2.24) is 4.98 Å². The zero-order chi connectivity index (χ0) is 11.5. The third kappa shape index (κ3) is 3.14. The second-order valence-electron chi connectivity index (χ2n) is 2.99. The molecular formula is C11H6BrCl2NS. The van der Waals surface area contributed by atoms with Crippen LogP contribution in [-0.4, -0.2) is 4.98 Å². The second kappa shape index (κ2) is 5.41. The fourth-order valence-corrected chi connectivity index (χ4v) is 2.48. The van der Waals surface area contributed by atoms with Crippen LogP contribution >= 0.6 is 50.9 Å². The average Bonchev–Trinajstić information content (AvgIpc) is 2.27. The van der Waals surface area contributed by atoms with Crippen molar-refractivity contribution >= 4 is 50.9 Å². The van der Waals surface area contributed by atoms with Crippen LogP contribution in [0, 0.1) is 0 Å². The van der Waals surface area contributed by atoms with Crippen molar-refractivity contribution in [2.45, 2.75) is 9.92 Å². The molecule has 0 aliphatic heterocycles. The molecule has 1 nitrogen and oxygen atoms in total. The van der Waals surface area contributed by atoms with E-state index in [0.717, 1.165) is 14.4 Å². The van der Waals surface area contributed by atoms with Gasteiger partial charge in [-0.25, -0.2) is 4.98 Å². The van der Waals surface area contributed by atoms with Crippen LogP contribution in [0.3, 0.4) is 0 Å². The number of nitrogens with zero attached hydrogens (tertiary/aromatic N) is 1. The molecule has 0 fully saturated rings. The van der Waals surface area contributed by atoms with Gasteiger partial charge in [0.05, 0.1) is 10.0 Å². The van der Waals surface area contributed by atoms with Gasteiger partial charge >= 0.3 is 0 Å². The van der Waals surface area contributed by atoms with Gasteiger partial charge in [0.15, 0.2) is 0 Å². The molecule has 82 valence electrons. The van der Waals surface area contributed by atoms with E-state index >= 15 is 0 Å². The molecule has 1 aromatic carbocycles. The Morgan fingerprint density at radius 2 is 1.88 bits per heavy atom. The van der Waals surface area contributed by atoms with E-state index in [-0.39, 0.29) is 0 Å². The summed E-state index contributed by atoms with van der Waals surface area (Å²) in [7, 11) is 0. The van der Waals surface area contributed by atoms with Gasteiger partial charge in [0.25, 0.3) is 0 Å². The predicted octanol–water partition coefficient (Wildman–Crippen LogP) is 5.30. The molecule has 2 aromatic rings. The number of halogens is 3. The van der Waals surface area contributed by atoms with Gasteiger partial charge in [-0.3, -0.25) is 0 Å². The normalized spacial score (nSPS) is 10.4. The number of benzene rings is 1. The second-order valence-corrected chi connectivity index (χ2v) is 5.82. The lowest BCUT2D eigenvalue weighted by Crippen LogP contribution is -1.79. The Bertz CT molecular complexity index is 502. The van der Waals surface area contributed by atoms with Crippen LogP contribution in [0.5, 0.6) is 0 Å². The van der Waals surface area contributed by atoms with Crippen molar-refractivity contribution in [3.8, 4) is 0 Å². The highest BCUT2D eigenvalue weighted by Gasteiger charge is 2.02.